The molecule has 23 heavy (non-hydrogen) atoms. The van der Waals surface area contributed by atoms with Gasteiger partial charge in [-0.05, 0) is 31.3 Å². The third-order valence-corrected chi connectivity index (χ3v) is 5.90. The Morgan fingerprint density at radius 1 is 1.30 bits per heavy atom. The van der Waals surface area contributed by atoms with E-state index in [1.165, 1.54) is 4.88 Å². The van der Waals surface area contributed by atoms with E-state index in [2.05, 4.69) is 22.9 Å². The number of β-amino-alcohol motifs (C(OH)–C–C–N with tert-alkyl or cyclic N) is 1. The minimum atomic E-state index is -0.728. The van der Waals surface area contributed by atoms with Gasteiger partial charge in [0.25, 0.3) is 0 Å². The first-order valence-electron chi connectivity index (χ1n) is 8.48. The molecule has 3 heterocycles. The number of piperazine rings is 1. The van der Waals surface area contributed by atoms with Crippen LogP contribution in [0.15, 0.2) is 17.5 Å². The topological polar surface area (TPSA) is 47.0 Å². The van der Waals surface area contributed by atoms with E-state index in [-0.39, 0.29) is 5.91 Å². The molecule has 6 heteroatoms. The van der Waals surface area contributed by atoms with Gasteiger partial charge in [0.15, 0.2) is 0 Å². The summed E-state index contributed by atoms with van der Waals surface area (Å²) in [4.78, 5) is 20.1. The molecule has 0 radical (unpaired) electrons. The molecule has 0 saturated carbocycles. The number of likely N-dealkylation sites (tertiary alicyclic amines) is 1. The molecule has 2 aliphatic rings. The molecule has 0 unspecified atom stereocenters. The van der Waals surface area contributed by atoms with E-state index < -0.39 is 5.60 Å². The molecule has 1 aromatic rings. The summed E-state index contributed by atoms with van der Waals surface area (Å²) >= 11 is 1.70. The zero-order valence-electron chi connectivity index (χ0n) is 13.9. The second kappa shape index (κ2) is 7.30. The molecule has 1 amide bonds. The normalized spacial score (nSPS) is 26.8. The highest BCUT2D eigenvalue weighted by Gasteiger charge is 2.39. The van der Waals surface area contributed by atoms with Crippen molar-refractivity contribution in [2.75, 3.05) is 52.9 Å². The second-order valence-electron chi connectivity index (χ2n) is 6.95. The third-order valence-electron chi connectivity index (χ3n) is 4.96. The van der Waals surface area contributed by atoms with Crippen molar-refractivity contribution < 1.29 is 9.90 Å². The van der Waals surface area contributed by atoms with Crippen LogP contribution in [-0.4, -0.2) is 84.2 Å². The zero-order valence-corrected chi connectivity index (χ0v) is 14.7. The average Bonchev–Trinajstić information content (AvgIpc) is 3.17. The molecule has 3 rings (SSSR count). The van der Waals surface area contributed by atoms with Gasteiger partial charge in [0.1, 0.15) is 0 Å². The number of amides is 1. The number of carbonyl (C=O) groups is 1. The monoisotopic (exact) mass is 337 g/mol. The number of hydrogen-bond acceptors (Lipinski definition) is 5. The van der Waals surface area contributed by atoms with Gasteiger partial charge in [-0.15, -0.1) is 11.3 Å². The number of carbonyl (C=O) groups excluding carboxylic acids is 1. The maximum absolute atomic E-state index is 12.4. The van der Waals surface area contributed by atoms with E-state index in [4.69, 9.17) is 0 Å². The predicted molar refractivity (Wildman–Crippen MR) is 92.7 cm³/mol. The van der Waals surface area contributed by atoms with Crippen molar-refractivity contribution in [3.8, 4) is 0 Å². The Balaban J connectivity index is 1.45. The molecule has 0 aromatic carbocycles. The highest BCUT2D eigenvalue weighted by atomic mass is 32.1. The lowest BCUT2D eigenvalue weighted by Crippen LogP contribution is -2.52. The Bertz CT molecular complexity index is 514. The molecule has 5 nitrogen and oxygen atoms in total. The van der Waals surface area contributed by atoms with Crippen LogP contribution in [0.5, 0.6) is 0 Å². The van der Waals surface area contributed by atoms with Gasteiger partial charge in [-0.3, -0.25) is 9.69 Å². The molecule has 0 bridgehead atoms. The molecular weight excluding hydrogens is 310 g/mol. The van der Waals surface area contributed by atoms with Gasteiger partial charge in [0.05, 0.1) is 12.1 Å². The molecule has 2 saturated heterocycles. The van der Waals surface area contributed by atoms with E-state index >= 15 is 0 Å². The van der Waals surface area contributed by atoms with Crippen molar-refractivity contribution >= 4 is 17.2 Å². The Morgan fingerprint density at radius 2 is 2.09 bits per heavy atom. The number of thiophene rings is 1. The number of rotatable bonds is 5. The molecule has 0 aliphatic carbocycles. The molecular formula is C17H27N3O2S. The first-order valence-corrected chi connectivity index (χ1v) is 9.35. The van der Waals surface area contributed by atoms with Crippen LogP contribution in [0.3, 0.4) is 0 Å². The van der Waals surface area contributed by atoms with Gasteiger partial charge < -0.3 is 14.9 Å². The number of hydrogen-bond donors (Lipinski definition) is 1. The summed E-state index contributed by atoms with van der Waals surface area (Å²) in [6.45, 7) is 5.99. The van der Waals surface area contributed by atoms with Crippen molar-refractivity contribution in [1.29, 1.82) is 0 Å². The zero-order chi connectivity index (χ0) is 16.3. The van der Waals surface area contributed by atoms with Crippen molar-refractivity contribution in [3.05, 3.63) is 22.4 Å². The summed E-state index contributed by atoms with van der Waals surface area (Å²) in [6.07, 6.45) is 2.05. The highest BCUT2D eigenvalue weighted by Crippen LogP contribution is 2.24. The maximum atomic E-state index is 12.4. The fourth-order valence-corrected chi connectivity index (χ4v) is 4.17. The van der Waals surface area contributed by atoms with Crippen molar-refractivity contribution in [2.45, 2.75) is 24.9 Å². The molecule has 0 spiro atoms. The quantitative estimate of drug-likeness (QED) is 0.867. The maximum Gasteiger partial charge on any atom is 0.223 e. The first-order chi connectivity index (χ1) is 11.0. The summed E-state index contributed by atoms with van der Waals surface area (Å²) in [7, 11) is 2.13. The lowest BCUT2D eigenvalue weighted by Gasteiger charge is -2.36. The summed E-state index contributed by atoms with van der Waals surface area (Å²) in [5.41, 5.74) is -0.728. The average molecular weight is 337 g/mol. The van der Waals surface area contributed by atoms with E-state index in [1.807, 2.05) is 16.3 Å². The lowest BCUT2D eigenvalue weighted by atomic mass is 10.0. The van der Waals surface area contributed by atoms with Crippen molar-refractivity contribution in [3.63, 3.8) is 0 Å². The van der Waals surface area contributed by atoms with Crippen LogP contribution in [0.1, 0.15) is 17.7 Å². The standard InChI is InChI=1S/C17H27N3O2S/c1-18-8-10-19(11-9-18)13-17(22)6-7-20(14-17)16(21)5-4-15-3-2-12-23-15/h2-3,12,22H,4-11,13-14H2,1H3/t17-/m1/s1. The lowest BCUT2D eigenvalue weighted by molar-refractivity contribution is -0.131. The van der Waals surface area contributed by atoms with E-state index in [0.29, 0.717) is 32.5 Å². The van der Waals surface area contributed by atoms with Crippen LogP contribution in [0.2, 0.25) is 0 Å². The van der Waals surface area contributed by atoms with Gasteiger partial charge in [-0.2, -0.15) is 0 Å². The molecule has 2 aliphatic heterocycles. The smallest absolute Gasteiger partial charge is 0.223 e. The van der Waals surface area contributed by atoms with Gasteiger partial charge >= 0.3 is 0 Å². The second-order valence-corrected chi connectivity index (χ2v) is 7.98. The van der Waals surface area contributed by atoms with Gasteiger partial charge in [0, 0.05) is 50.6 Å². The number of aliphatic hydroxyl groups is 1. The Hall–Kier alpha value is -0.950. The van der Waals surface area contributed by atoms with Crippen LogP contribution in [0, 0.1) is 0 Å². The fourth-order valence-electron chi connectivity index (χ4n) is 3.46. The minimum absolute atomic E-state index is 0.174. The molecule has 2 fully saturated rings. The summed E-state index contributed by atoms with van der Waals surface area (Å²) in [6, 6.07) is 4.10. The number of nitrogens with zero attached hydrogens (tertiary/aromatic N) is 3. The van der Waals surface area contributed by atoms with Gasteiger partial charge in [-0.25, -0.2) is 0 Å². The number of aryl methyl sites for hydroxylation is 1. The minimum Gasteiger partial charge on any atom is -0.387 e. The SMILES string of the molecule is CN1CCN(C[C@]2(O)CCN(C(=O)CCc3cccs3)C2)CC1. The van der Waals surface area contributed by atoms with Crippen LogP contribution >= 0.6 is 11.3 Å². The first kappa shape index (κ1) is 16.9. The van der Waals surface area contributed by atoms with Crippen molar-refractivity contribution in [1.82, 2.24) is 14.7 Å². The van der Waals surface area contributed by atoms with Crippen LogP contribution in [0.25, 0.3) is 0 Å². The summed E-state index contributed by atoms with van der Waals surface area (Å²) in [5.74, 6) is 0.174. The molecule has 128 valence electrons. The van der Waals surface area contributed by atoms with Crippen LogP contribution < -0.4 is 0 Å². The third kappa shape index (κ3) is 4.53. The van der Waals surface area contributed by atoms with Crippen LogP contribution in [-0.2, 0) is 11.2 Å². The van der Waals surface area contributed by atoms with E-state index in [0.717, 1.165) is 32.6 Å². The van der Waals surface area contributed by atoms with Crippen LogP contribution in [0.4, 0.5) is 0 Å². The molecule has 1 aromatic heterocycles. The Kier molecular flexibility index (Phi) is 5.36. The fraction of sp³-hybridized carbons (Fsp3) is 0.706. The molecule has 1 N–H and O–H groups in total. The van der Waals surface area contributed by atoms with Gasteiger partial charge in [-0.1, -0.05) is 6.07 Å². The number of likely N-dealkylation sites (N-methyl/N-ethyl adjacent to an activating group) is 1. The van der Waals surface area contributed by atoms with E-state index in [9.17, 15) is 9.90 Å². The summed E-state index contributed by atoms with van der Waals surface area (Å²) < 4.78 is 0. The predicted octanol–water partition coefficient (Wildman–Crippen LogP) is 0.892. The van der Waals surface area contributed by atoms with Gasteiger partial charge in [0.2, 0.25) is 5.91 Å². The van der Waals surface area contributed by atoms with Crippen molar-refractivity contribution in [2.24, 2.45) is 0 Å². The van der Waals surface area contributed by atoms with E-state index in [1.54, 1.807) is 11.3 Å². The Morgan fingerprint density at radius 3 is 2.78 bits per heavy atom. The Labute approximate surface area is 142 Å². The highest BCUT2D eigenvalue weighted by molar-refractivity contribution is 7.09. The molecule has 1 atom stereocenters. The summed E-state index contributed by atoms with van der Waals surface area (Å²) in [5, 5.41) is 12.9. The largest absolute Gasteiger partial charge is 0.387 e.